The first-order chi connectivity index (χ1) is 7.34. The molecular weight excluding hydrogens is 234 g/mol. The van der Waals surface area contributed by atoms with Gasteiger partial charge in [0.1, 0.15) is 6.04 Å². The zero-order valence-corrected chi connectivity index (χ0v) is 9.91. The number of rotatable bonds is 7. The highest BCUT2D eigenvalue weighted by Crippen LogP contribution is 2.10. The van der Waals surface area contributed by atoms with Crippen LogP contribution in [0.2, 0.25) is 0 Å². The fraction of sp³-hybridized carbons (Fsp3) is 0.667. The Balaban J connectivity index is 3.99. The van der Waals surface area contributed by atoms with Crippen molar-refractivity contribution >= 4 is 29.6 Å². The number of carbonyl (C=O) groups is 3. The zero-order valence-electron chi connectivity index (χ0n) is 9.10. The monoisotopic (exact) mass is 249 g/mol. The Morgan fingerprint density at radius 2 is 1.75 bits per heavy atom. The molecule has 0 radical (unpaired) electrons. The van der Waals surface area contributed by atoms with E-state index in [0.717, 1.165) is 0 Å². The van der Waals surface area contributed by atoms with Crippen LogP contribution in [0.25, 0.3) is 0 Å². The molecule has 0 aliphatic rings. The van der Waals surface area contributed by atoms with E-state index in [1.54, 1.807) is 6.92 Å². The molecule has 6 nitrogen and oxygen atoms in total. The molecule has 7 heteroatoms. The summed E-state index contributed by atoms with van der Waals surface area (Å²) in [4.78, 5) is 31.9. The van der Waals surface area contributed by atoms with Crippen molar-refractivity contribution < 1.29 is 24.6 Å². The van der Waals surface area contributed by atoms with Crippen molar-refractivity contribution in [3.63, 3.8) is 0 Å². The highest BCUT2D eigenvalue weighted by Gasteiger charge is 2.19. The van der Waals surface area contributed by atoms with Crippen LogP contribution in [0, 0.1) is 5.92 Å². The van der Waals surface area contributed by atoms with Crippen molar-refractivity contribution in [2.75, 3.05) is 11.5 Å². The van der Waals surface area contributed by atoms with Gasteiger partial charge >= 0.3 is 11.9 Å². The first kappa shape index (κ1) is 14.8. The molecule has 0 bridgehead atoms. The molecular formula is C9H15NO5S. The van der Waals surface area contributed by atoms with Crippen molar-refractivity contribution in [2.24, 2.45) is 5.92 Å². The molecule has 2 atom stereocenters. The number of carboxylic acids is 2. The van der Waals surface area contributed by atoms with Gasteiger partial charge in [-0.05, 0) is 0 Å². The van der Waals surface area contributed by atoms with Crippen molar-refractivity contribution in [1.82, 2.24) is 5.32 Å². The smallest absolute Gasteiger partial charge is 0.327 e. The van der Waals surface area contributed by atoms with Gasteiger partial charge in [0.25, 0.3) is 0 Å². The predicted octanol–water partition coefficient (Wildman–Crippen LogP) is 0.0296. The van der Waals surface area contributed by atoms with Crippen molar-refractivity contribution in [3.8, 4) is 0 Å². The minimum absolute atomic E-state index is 0.159. The Hall–Kier alpha value is -1.24. The number of carbonyl (C=O) groups excluding carboxylic acids is 1. The Morgan fingerprint density at radius 3 is 2.12 bits per heavy atom. The molecule has 16 heavy (non-hydrogen) atoms. The summed E-state index contributed by atoms with van der Waals surface area (Å²) in [6, 6.07) is -0.969. The van der Waals surface area contributed by atoms with Gasteiger partial charge in [-0.1, -0.05) is 6.92 Å². The Kier molecular flexibility index (Phi) is 6.55. The van der Waals surface area contributed by atoms with Crippen molar-refractivity contribution in [3.05, 3.63) is 0 Å². The molecule has 0 aliphatic carbocycles. The van der Waals surface area contributed by atoms with Crippen LogP contribution in [0.1, 0.15) is 13.8 Å². The molecule has 0 fully saturated rings. The van der Waals surface area contributed by atoms with Crippen LogP contribution in [-0.2, 0) is 14.4 Å². The summed E-state index contributed by atoms with van der Waals surface area (Å²) in [5.41, 5.74) is 0. The Bertz CT molecular complexity index is 281. The summed E-state index contributed by atoms with van der Waals surface area (Å²) in [5.74, 6) is -2.51. The molecule has 92 valence electrons. The van der Waals surface area contributed by atoms with E-state index in [-0.39, 0.29) is 5.75 Å². The minimum atomic E-state index is -1.12. The van der Waals surface area contributed by atoms with Gasteiger partial charge in [0, 0.05) is 18.4 Å². The van der Waals surface area contributed by atoms with Gasteiger partial charge in [0.2, 0.25) is 5.91 Å². The van der Waals surface area contributed by atoms with Crippen LogP contribution in [0.5, 0.6) is 0 Å². The van der Waals surface area contributed by atoms with Gasteiger partial charge in [-0.3, -0.25) is 9.59 Å². The average Bonchev–Trinajstić information content (AvgIpc) is 2.14. The van der Waals surface area contributed by atoms with E-state index in [9.17, 15) is 14.4 Å². The predicted molar refractivity (Wildman–Crippen MR) is 59.4 cm³/mol. The summed E-state index contributed by atoms with van der Waals surface area (Å²) in [6.07, 6.45) is 0. The largest absolute Gasteiger partial charge is 0.481 e. The van der Waals surface area contributed by atoms with Crippen LogP contribution >= 0.6 is 11.8 Å². The number of nitrogens with one attached hydrogen (secondary N) is 1. The fourth-order valence-corrected chi connectivity index (χ4v) is 1.95. The summed E-state index contributed by atoms with van der Waals surface area (Å²) in [6.45, 7) is 2.78. The van der Waals surface area contributed by atoms with Gasteiger partial charge in [-0.15, -0.1) is 0 Å². The maximum Gasteiger partial charge on any atom is 0.327 e. The lowest BCUT2D eigenvalue weighted by atomic mass is 10.2. The molecule has 0 unspecified atom stereocenters. The summed E-state index contributed by atoms with van der Waals surface area (Å²) < 4.78 is 0. The molecule has 0 aromatic heterocycles. The fourth-order valence-electron chi connectivity index (χ4n) is 0.854. The van der Waals surface area contributed by atoms with Gasteiger partial charge < -0.3 is 15.5 Å². The quantitative estimate of drug-likeness (QED) is 0.588. The summed E-state index contributed by atoms with van der Waals surface area (Å²) in [7, 11) is 0. The maximum atomic E-state index is 10.7. The maximum absolute atomic E-state index is 10.7. The normalized spacial score (nSPS) is 13.9. The van der Waals surface area contributed by atoms with Crippen LogP contribution in [-0.4, -0.2) is 45.6 Å². The van der Waals surface area contributed by atoms with E-state index in [4.69, 9.17) is 10.2 Å². The zero-order chi connectivity index (χ0) is 12.7. The molecule has 0 aliphatic heterocycles. The number of aliphatic carboxylic acids is 2. The number of hydrogen-bond donors (Lipinski definition) is 3. The Morgan fingerprint density at radius 1 is 1.19 bits per heavy atom. The number of amides is 1. The van der Waals surface area contributed by atoms with Gasteiger partial charge in [0.05, 0.1) is 5.92 Å². The molecule has 0 aromatic rings. The lowest BCUT2D eigenvalue weighted by Crippen LogP contribution is -2.41. The van der Waals surface area contributed by atoms with Crippen molar-refractivity contribution in [1.29, 1.82) is 0 Å². The van der Waals surface area contributed by atoms with E-state index >= 15 is 0 Å². The van der Waals surface area contributed by atoms with E-state index in [1.165, 1.54) is 18.7 Å². The minimum Gasteiger partial charge on any atom is -0.481 e. The molecule has 3 N–H and O–H groups in total. The number of hydrogen-bond acceptors (Lipinski definition) is 4. The highest BCUT2D eigenvalue weighted by atomic mass is 32.2. The molecule has 0 aromatic carbocycles. The van der Waals surface area contributed by atoms with E-state index in [2.05, 4.69) is 5.32 Å². The van der Waals surface area contributed by atoms with Crippen LogP contribution in [0.4, 0.5) is 0 Å². The second-order valence-electron chi connectivity index (χ2n) is 3.37. The SMILES string of the molecule is CC(=O)N[C@H](CSC[C@H](C)C(=O)O)C(=O)O. The molecule has 0 heterocycles. The van der Waals surface area contributed by atoms with Crippen LogP contribution in [0.15, 0.2) is 0 Å². The Labute approximate surface area is 97.4 Å². The molecule has 0 saturated carbocycles. The van der Waals surface area contributed by atoms with E-state index in [0.29, 0.717) is 5.75 Å². The van der Waals surface area contributed by atoms with Crippen LogP contribution < -0.4 is 5.32 Å². The van der Waals surface area contributed by atoms with Gasteiger partial charge in [0.15, 0.2) is 0 Å². The molecule has 0 spiro atoms. The van der Waals surface area contributed by atoms with E-state index in [1.807, 2.05) is 0 Å². The third kappa shape index (κ3) is 6.28. The third-order valence-electron chi connectivity index (χ3n) is 1.75. The number of thioether (sulfide) groups is 1. The second-order valence-corrected chi connectivity index (χ2v) is 4.44. The second kappa shape index (κ2) is 7.10. The van der Waals surface area contributed by atoms with Crippen LogP contribution in [0.3, 0.4) is 0 Å². The molecule has 0 saturated heterocycles. The standard InChI is InChI=1S/C9H15NO5S/c1-5(8(12)13)3-16-4-7(9(14)15)10-6(2)11/h5,7H,3-4H2,1-2H3,(H,10,11)(H,12,13)(H,14,15)/t5-,7+/m0/s1. The molecule has 0 rings (SSSR count). The third-order valence-corrected chi connectivity index (χ3v) is 3.05. The van der Waals surface area contributed by atoms with E-state index < -0.39 is 29.8 Å². The highest BCUT2D eigenvalue weighted by molar-refractivity contribution is 7.99. The first-order valence-corrected chi connectivity index (χ1v) is 5.80. The topological polar surface area (TPSA) is 104 Å². The van der Waals surface area contributed by atoms with Crippen molar-refractivity contribution in [2.45, 2.75) is 19.9 Å². The molecule has 1 amide bonds. The lowest BCUT2D eigenvalue weighted by molar-refractivity contribution is -0.141. The summed E-state index contributed by atoms with van der Waals surface area (Å²) >= 11 is 1.19. The van der Waals surface area contributed by atoms with Gasteiger partial charge in [-0.25, -0.2) is 4.79 Å². The number of carboxylic acid groups (broad SMARTS) is 2. The average molecular weight is 249 g/mol. The lowest BCUT2D eigenvalue weighted by Gasteiger charge is -2.13. The summed E-state index contributed by atoms with van der Waals surface area (Å²) in [5, 5.41) is 19.6. The van der Waals surface area contributed by atoms with Gasteiger partial charge in [-0.2, -0.15) is 11.8 Å². The first-order valence-electron chi connectivity index (χ1n) is 4.65.